The highest BCUT2D eigenvalue weighted by atomic mass is 16.3. The molecular weight excluding hydrogens is 248 g/mol. The Kier molecular flexibility index (Phi) is 4.05. The van der Waals surface area contributed by atoms with Crippen molar-refractivity contribution >= 4 is 17.1 Å². The van der Waals surface area contributed by atoms with Gasteiger partial charge in [0.1, 0.15) is 0 Å². The predicted octanol–water partition coefficient (Wildman–Crippen LogP) is 4.41. The Morgan fingerprint density at radius 2 is 1.75 bits per heavy atom. The van der Waals surface area contributed by atoms with Crippen LogP contribution in [0.4, 0.5) is 0 Å². The highest BCUT2D eigenvalue weighted by molar-refractivity contribution is 6.01. The molecule has 1 fully saturated rings. The molecule has 1 heterocycles. The van der Waals surface area contributed by atoms with Crippen LogP contribution in [0.25, 0.3) is 10.9 Å². The van der Waals surface area contributed by atoms with Crippen LogP contribution in [-0.2, 0) is 0 Å². The number of aromatic hydroxyl groups is 1. The van der Waals surface area contributed by atoms with Crippen LogP contribution < -0.4 is 0 Å². The molecule has 0 unspecified atom stereocenters. The third-order valence-corrected chi connectivity index (χ3v) is 4.21. The zero-order valence-corrected chi connectivity index (χ0v) is 11.8. The molecule has 0 saturated heterocycles. The van der Waals surface area contributed by atoms with Gasteiger partial charge in [0.2, 0.25) is 0 Å². The van der Waals surface area contributed by atoms with E-state index in [9.17, 15) is 5.11 Å². The van der Waals surface area contributed by atoms with Gasteiger partial charge in [-0.3, -0.25) is 4.99 Å². The second kappa shape index (κ2) is 6.12. The Hall–Kier alpha value is -1.77. The van der Waals surface area contributed by atoms with Crippen LogP contribution >= 0.6 is 0 Å². The van der Waals surface area contributed by atoms with Crippen LogP contribution in [0.3, 0.4) is 0 Å². The summed E-state index contributed by atoms with van der Waals surface area (Å²) in [5, 5.41) is 11.1. The second-order valence-electron chi connectivity index (χ2n) is 5.71. The number of fused-ring (bicyclic) bond motifs is 1. The van der Waals surface area contributed by atoms with Crippen LogP contribution in [-0.4, -0.2) is 22.3 Å². The molecule has 106 valence electrons. The molecule has 3 rings (SSSR count). The maximum atomic E-state index is 10.0. The predicted molar refractivity (Wildman–Crippen MR) is 83.7 cm³/mol. The van der Waals surface area contributed by atoms with Crippen molar-refractivity contribution in [3.63, 3.8) is 0 Å². The minimum atomic E-state index is 0.223. The number of aromatic amines is 1. The van der Waals surface area contributed by atoms with Crippen molar-refractivity contribution in [2.45, 2.75) is 51.0 Å². The number of nitrogens with zero attached hydrogens (tertiary/aromatic N) is 1. The summed E-state index contributed by atoms with van der Waals surface area (Å²) >= 11 is 0. The van der Waals surface area contributed by atoms with E-state index in [1.165, 1.54) is 44.9 Å². The number of rotatable bonds is 2. The molecule has 0 amide bonds. The van der Waals surface area contributed by atoms with E-state index in [2.05, 4.69) is 4.98 Å². The number of H-pyrrole nitrogens is 1. The van der Waals surface area contributed by atoms with Gasteiger partial charge < -0.3 is 10.1 Å². The fourth-order valence-corrected chi connectivity index (χ4v) is 3.04. The maximum absolute atomic E-state index is 10.0. The molecule has 0 aliphatic heterocycles. The Labute approximate surface area is 119 Å². The van der Waals surface area contributed by atoms with E-state index in [-0.39, 0.29) is 5.88 Å². The highest BCUT2D eigenvalue weighted by Gasteiger charge is 2.11. The average molecular weight is 270 g/mol. The van der Waals surface area contributed by atoms with Gasteiger partial charge in [-0.15, -0.1) is 0 Å². The van der Waals surface area contributed by atoms with Crippen molar-refractivity contribution in [1.82, 2.24) is 4.98 Å². The molecule has 0 spiro atoms. The topological polar surface area (TPSA) is 48.4 Å². The van der Waals surface area contributed by atoms with Gasteiger partial charge in [-0.05, 0) is 18.9 Å². The van der Waals surface area contributed by atoms with E-state index in [4.69, 9.17) is 4.99 Å². The van der Waals surface area contributed by atoms with Crippen molar-refractivity contribution in [3.8, 4) is 5.88 Å². The summed E-state index contributed by atoms with van der Waals surface area (Å²) in [5.74, 6) is 0.223. The lowest BCUT2D eigenvalue weighted by atomic mass is 9.97. The van der Waals surface area contributed by atoms with Crippen molar-refractivity contribution in [2.24, 2.45) is 4.99 Å². The first kappa shape index (κ1) is 13.2. The van der Waals surface area contributed by atoms with Crippen LogP contribution in [0, 0.1) is 0 Å². The number of aliphatic imine (C=N–C) groups is 1. The fourth-order valence-electron chi connectivity index (χ4n) is 3.04. The van der Waals surface area contributed by atoms with E-state index in [1.807, 2.05) is 30.5 Å². The largest absolute Gasteiger partial charge is 0.494 e. The van der Waals surface area contributed by atoms with Gasteiger partial charge in [-0.25, -0.2) is 0 Å². The van der Waals surface area contributed by atoms with Crippen LogP contribution in [0.1, 0.15) is 50.5 Å². The van der Waals surface area contributed by atoms with Crippen molar-refractivity contribution in [3.05, 3.63) is 29.8 Å². The lowest BCUT2D eigenvalue weighted by Gasteiger charge is -2.15. The molecule has 2 aromatic rings. The number of hydrogen-bond acceptors (Lipinski definition) is 2. The third kappa shape index (κ3) is 2.87. The quantitative estimate of drug-likeness (QED) is 0.780. The summed E-state index contributed by atoms with van der Waals surface area (Å²) in [4.78, 5) is 7.73. The first-order valence-corrected chi connectivity index (χ1v) is 7.67. The average Bonchev–Trinajstić information content (AvgIpc) is 2.73. The number of para-hydroxylation sites is 1. The van der Waals surface area contributed by atoms with E-state index in [0.717, 1.165) is 16.5 Å². The van der Waals surface area contributed by atoms with E-state index >= 15 is 0 Å². The van der Waals surface area contributed by atoms with Crippen LogP contribution in [0.15, 0.2) is 29.3 Å². The summed E-state index contributed by atoms with van der Waals surface area (Å²) in [6, 6.07) is 8.37. The van der Waals surface area contributed by atoms with Gasteiger partial charge in [-0.1, -0.05) is 50.3 Å². The molecule has 1 aliphatic rings. The van der Waals surface area contributed by atoms with Gasteiger partial charge in [0.05, 0.1) is 5.56 Å². The molecule has 1 aliphatic carbocycles. The zero-order valence-electron chi connectivity index (χ0n) is 11.8. The van der Waals surface area contributed by atoms with Gasteiger partial charge >= 0.3 is 0 Å². The van der Waals surface area contributed by atoms with E-state index in [0.29, 0.717) is 6.04 Å². The number of nitrogens with one attached hydrogen (secondary N) is 1. The third-order valence-electron chi connectivity index (χ3n) is 4.21. The molecule has 1 saturated carbocycles. The maximum Gasteiger partial charge on any atom is 0.198 e. The van der Waals surface area contributed by atoms with Crippen molar-refractivity contribution in [1.29, 1.82) is 0 Å². The number of benzene rings is 1. The summed E-state index contributed by atoms with van der Waals surface area (Å²) in [5.41, 5.74) is 1.78. The molecule has 0 atom stereocenters. The minimum Gasteiger partial charge on any atom is -0.494 e. The smallest absolute Gasteiger partial charge is 0.198 e. The Bertz CT molecular complexity index is 592. The number of hydrogen-bond donors (Lipinski definition) is 2. The molecule has 3 heteroatoms. The zero-order chi connectivity index (χ0) is 13.8. The molecule has 0 bridgehead atoms. The molecular formula is C17H22N2O. The van der Waals surface area contributed by atoms with Gasteiger partial charge in [0.15, 0.2) is 5.88 Å². The highest BCUT2D eigenvalue weighted by Crippen LogP contribution is 2.26. The first-order chi connectivity index (χ1) is 9.84. The second-order valence-corrected chi connectivity index (χ2v) is 5.71. The standard InChI is InChI=1S/C17H22N2O/c20-17-15(14-10-6-7-11-16(14)19-17)12-18-13-8-4-2-1-3-5-9-13/h6-7,10-13,19-20H,1-5,8-9H2. The summed E-state index contributed by atoms with van der Waals surface area (Å²) in [6.45, 7) is 0. The van der Waals surface area contributed by atoms with E-state index < -0.39 is 0 Å². The molecule has 0 radical (unpaired) electrons. The van der Waals surface area contributed by atoms with Crippen molar-refractivity contribution in [2.75, 3.05) is 0 Å². The number of aromatic nitrogens is 1. The summed E-state index contributed by atoms with van der Waals surface area (Å²) < 4.78 is 0. The molecule has 3 nitrogen and oxygen atoms in total. The molecule has 1 aromatic heterocycles. The van der Waals surface area contributed by atoms with E-state index in [1.54, 1.807) is 0 Å². The van der Waals surface area contributed by atoms with Gasteiger partial charge in [0.25, 0.3) is 0 Å². The van der Waals surface area contributed by atoms with Crippen molar-refractivity contribution < 1.29 is 5.11 Å². The Morgan fingerprint density at radius 3 is 2.55 bits per heavy atom. The molecule has 2 N–H and O–H groups in total. The van der Waals surface area contributed by atoms with Gasteiger partial charge in [-0.2, -0.15) is 0 Å². The summed E-state index contributed by atoms with van der Waals surface area (Å²) in [6.07, 6.45) is 10.8. The lowest BCUT2D eigenvalue weighted by molar-refractivity contribution is 0.453. The summed E-state index contributed by atoms with van der Waals surface area (Å²) in [7, 11) is 0. The van der Waals surface area contributed by atoms with Crippen LogP contribution in [0.5, 0.6) is 5.88 Å². The monoisotopic (exact) mass is 270 g/mol. The van der Waals surface area contributed by atoms with Gasteiger partial charge in [0, 0.05) is 23.2 Å². The molecule has 1 aromatic carbocycles. The molecule has 20 heavy (non-hydrogen) atoms. The lowest BCUT2D eigenvalue weighted by Crippen LogP contribution is -2.07. The van der Waals surface area contributed by atoms with Crippen LogP contribution in [0.2, 0.25) is 0 Å². The first-order valence-electron chi connectivity index (χ1n) is 7.67. The normalized spacial score (nSPS) is 18.4. The Morgan fingerprint density at radius 1 is 1.05 bits per heavy atom. The Balaban J connectivity index is 1.80. The SMILES string of the molecule is Oc1[nH]c2ccccc2c1C=NC1CCCCCCC1. The fraction of sp³-hybridized carbons (Fsp3) is 0.471. The minimum absolute atomic E-state index is 0.223.